The molecule has 0 radical (unpaired) electrons. The first-order chi connectivity index (χ1) is 9.28. The third-order valence-corrected chi connectivity index (χ3v) is 4.41. The molecule has 19 heavy (non-hydrogen) atoms. The predicted molar refractivity (Wildman–Crippen MR) is 79.1 cm³/mol. The van der Waals surface area contributed by atoms with Gasteiger partial charge in [0.15, 0.2) is 0 Å². The van der Waals surface area contributed by atoms with E-state index < -0.39 is 0 Å². The maximum atomic E-state index is 5.42. The fourth-order valence-corrected chi connectivity index (χ4v) is 3.39. The molecule has 1 saturated heterocycles. The van der Waals surface area contributed by atoms with Gasteiger partial charge in [0.1, 0.15) is 16.5 Å². The number of hydrogen-bond acceptors (Lipinski definition) is 5. The maximum absolute atomic E-state index is 5.42. The van der Waals surface area contributed by atoms with Crippen LogP contribution in [-0.2, 0) is 4.74 Å². The second-order valence-electron chi connectivity index (χ2n) is 4.92. The molecule has 4 nitrogen and oxygen atoms in total. The first kappa shape index (κ1) is 12.8. The minimum absolute atomic E-state index is 0.443. The second kappa shape index (κ2) is 5.43. The molecule has 3 rings (SSSR count). The Balaban J connectivity index is 2.04. The molecule has 102 valence electrons. The van der Waals surface area contributed by atoms with Gasteiger partial charge >= 0.3 is 0 Å². The summed E-state index contributed by atoms with van der Waals surface area (Å²) in [6.45, 7) is 6.75. The van der Waals surface area contributed by atoms with E-state index >= 15 is 0 Å². The highest BCUT2D eigenvalue weighted by molar-refractivity contribution is 7.18. The highest BCUT2D eigenvalue weighted by Gasteiger charge is 2.21. The summed E-state index contributed by atoms with van der Waals surface area (Å²) >= 11 is 1.75. The average Bonchev–Trinajstić information content (AvgIpc) is 2.80. The van der Waals surface area contributed by atoms with E-state index in [1.54, 1.807) is 11.3 Å². The molecule has 2 aromatic rings. The van der Waals surface area contributed by atoms with Crippen molar-refractivity contribution >= 4 is 27.4 Å². The number of rotatable bonds is 3. The van der Waals surface area contributed by atoms with E-state index in [0.717, 1.165) is 54.5 Å². The van der Waals surface area contributed by atoms with Gasteiger partial charge in [-0.1, -0.05) is 0 Å². The van der Waals surface area contributed by atoms with Crippen molar-refractivity contribution in [2.75, 3.05) is 25.1 Å². The van der Waals surface area contributed by atoms with E-state index in [4.69, 9.17) is 14.7 Å². The Morgan fingerprint density at radius 1 is 1.37 bits per heavy atom. The van der Waals surface area contributed by atoms with Gasteiger partial charge in [-0.2, -0.15) is 0 Å². The number of ether oxygens (including phenoxy) is 1. The van der Waals surface area contributed by atoms with E-state index in [2.05, 4.69) is 25.2 Å². The highest BCUT2D eigenvalue weighted by atomic mass is 32.1. The number of thiophene rings is 1. The summed E-state index contributed by atoms with van der Waals surface area (Å²) in [5.41, 5.74) is 0. The molecule has 0 spiro atoms. The second-order valence-corrected chi connectivity index (χ2v) is 6.16. The summed E-state index contributed by atoms with van der Waals surface area (Å²) in [7, 11) is 0. The minimum Gasteiger partial charge on any atom is -0.381 e. The lowest BCUT2D eigenvalue weighted by Crippen LogP contribution is -2.17. The zero-order valence-electron chi connectivity index (χ0n) is 11.4. The highest BCUT2D eigenvalue weighted by Crippen LogP contribution is 2.32. The molecule has 0 amide bonds. The standard InChI is InChI=1S/C14H19N3OS/c1-3-15-13-11-8-9(2)19-14(11)17-12(16-13)10-4-6-18-7-5-10/h8,10H,3-7H2,1-2H3,(H,15,16,17). The molecule has 5 heteroatoms. The van der Waals surface area contributed by atoms with E-state index in [0.29, 0.717) is 5.92 Å². The van der Waals surface area contributed by atoms with Crippen LogP contribution in [0.15, 0.2) is 6.07 Å². The smallest absolute Gasteiger partial charge is 0.138 e. The molecular formula is C14H19N3OS. The monoisotopic (exact) mass is 277 g/mol. The van der Waals surface area contributed by atoms with Gasteiger partial charge in [0.05, 0.1) is 5.39 Å². The normalized spacial score (nSPS) is 16.9. The molecular weight excluding hydrogens is 258 g/mol. The van der Waals surface area contributed by atoms with Crippen molar-refractivity contribution in [1.29, 1.82) is 0 Å². The Bertz CT molecular complexity index is 575. The third-order valence-electron chi connectivity index (χ3n) is 3.46. The van der Waals surface area contributed by atoms with Crippen molar-refractivity contribution < 1.29 is 4.74 Å². The van der Waals surface area contributed by atoms with Gasteiger partial charge in [-0.15, -0.1) is 11.3 Å². The third kappa shape index (κ3) is 2.58. The molecule has 0 bridgehead atoms. The lowest BCUT2D eigenvalue weighted by molar-refractivity contribution is 0.0837. The van der Waals surface area contributed by atoms with Crippen molar-refractivity contribution in [3.63, 3.8) is 0 Å². The van der Waals surface area contributed by atoms with Gasteiger partial charge in [-0.05, 0) is 32.8 Å². The lowest BCUT2D eigenvalue weighted by Gasteiger charge is -2.21. The Morgan fingerprint density at radius 3 is 2.89 bits per heavy atom. The zero-order chi connectivity index (χ0) is 13.2. The number of hydrogen-bond donors (Lipinski definition) is 1. The van der Waals surface area contributed by atoms with E-state index in [1.807, 2.05) is 0 Å². The summed E-state index contributed by atoms with van der Waals surface area (Å²) in [6.07, 6.45) is 2.06. The molecule has 1 aliphatic heterocycles. The maximum Gasteiger partial charge on any atom is 0.138 e. The number of nitrogens with one attached hydrogen (secondary N) is 1. The minimum atomic E-state index is 0.443. The van der Waals surface area contributed by atoms with Crippen LogP contribution in [0.25, 0.3) is 10.2 Å². The molecule has 1 fully saturated rings. The average molecular weight is 277 g/mol. The zero-order valence-corrected chi connectivity index (χ0v) is 12.2. The summed E-state index contributed by atoms with van der Waals surface area (Å²) in [6, 6.07) is 2.17. The van der Waals surface area contributed by atoms with Gasteiger partial charge in [0.2, 0.25) is 0 Å². The number of nitrogens with zero attached hydrogens (tertiary/aromatic N) is 2. The molecule has 0 aliphatic carbocycles. The number of aromatic nitrogens is 2. The Hall–Kier alpha value is -1.20. The van der Waals surface area contributed by atoms with Gasteiger partial charge in [0, 0.05) is 30.6 Å². The van der Waals surface area contributed by atoms with Crippen molar-refractivity contribution in [3.8, 4) is 0 Å². The molecule has 2 aromatic heterocycles. The topological polar surface area (TPSA) is 47.0 Å². The van der Waals surface area contributed by atoms with Crippen LogP contribution in [0.2, 0.25) is 0 Å². The molecule has 0 aromatic carbocycles. The Labute approximate surface area is 117 Å². The Morgan fingerprint density at radius 2 is 2.16 bits per heavy atom. The van der Waals surface area contributed by atoms with Crippen LogP contribution in [-0.4, -0.2) is 29.7 Å². The SMILES string of the molecule is CCNc1nc(C2CCOCC2)nc2sc(C)cc12. The van der Waals surface area contributed by atoms with E-state index in [1.165, 1.54) is 4.88 Å². The van der Waals surface area contributed by atoms with Crippen LogP contribution < -0.4 is 5.32 Å². The largest absolute Gasteiger partial charge is 0.381 e. The van der Waals surface area contributed by atoms with Gasteiger partial charge in [-0.25, -0.2) is 9.97 Å². The van der Waals surface area contributed by atoms with E-state index in [9.17, 15) is 0 Å². The van der Waals surface area contributed by atoms with Crippen LogP contribution in [0, 0.1) is 6.92 Å². The van der Waals surface area contributed by atoms with E-state index in [-0.39, 0.29) is 0 Å². The van der Waals surface area contributed by atoms with Crippen molar-refractivity contribution in [2.24, 2.45) is 0 Å². The number of fused-ring (bicyclic) bond motifs is 1. The van der Waals surface area contributed by atoms with Gasteiger partial charge in [0.25, 0.3) is 0 Å². The van der Waals surface area contributed by atoms with Crippen molar-refractivity contribution in [1.82, 2.24) is 9.97 Å². The molecule has 0 saturated carbocycles. The molecule has 3 heterocycles. The summed E-state index contributed by atoms with van der Waals surface area (Å²) < 4.78 is 5.42. The fraction of sp³-hybridized carbons (Fsp3) is 0.571. The quantitative estimate of drug-likeness (QED) is 0.935. The van der Waals surface area contributed by atoms with Crippen LogP contribution in [0.5, 0.6) is 0 Å². The Kier molecular flexibility index (Phi) is 3.66. The first-order valence-corrected chi connectivity index (χ1v) is 7.69. The molecule has 1 aliphatic rings. The molecule has 0 unspecified atom stereocenters. The fourth-order valence-electron chi connectivity index (χ4n) is 2.50. The summed E-state index contributed by atoms with van der Waals surface area (Å²) in [5, 5.41) is 4.52. The van der Waals surface area contributed by atoms with Crippen molar-refractivity contribution in [2.45, 2.75) is 32.6 Å². The lowest BCUT2D eigenvalue weighted by atomic mass is 9.99. The molecule has 0 atom stereocenters. The predicted octanol–water partition coefficient (Wildman–Crippen LogP) is 3.33. The van der Waals surface area contributed by atoms with Crippen LogP contribution >= 0.6 is 11.3 Å². The van der Waals surface area contributed by atoms with Crippen LogP contribution in [0.3, 0.4) is 0 Å². The summed E-state index contributed by atoms with van der Waals surface area (Å²) in [4.78, 5) is 11.9. The van der Waals surface area contributed by atoms with Gasteiger partial charge < -0.3 is 10.1 Å². The number of aryl methyl sites for hydroxylation is 1. The summed E-state index contributed by atoms with van der Waals surface area (Å²) in [5.74, 6) is 2.41. The van der Waals surface area contributed by atoms with Crippen LogP contribution in [0.1, 0.15) is 36.4 Å². The van der Waals surface area contributed by atoms with Crippen molar-refractivity contribution in [3.05, 3.63) is 16.8 Å². The number of anilines is 1. The van der Waals surface area contributed by atoms with Gasteiger partial charge in [-0.3, -0.25) is 0 Å². The first-order valence-electron chi connectivity index (χ1n) is 6.87. The molecule has 1 N–H and O–H groups in total. The van der Waals surface area contributed by atoms with Crippen LogP contribution in [0.4, 0.5) is 5.82 Å².